The minimum atomic E-state index is -0.117. The van der Waals surface area contributed by atoms with Gasteiger partial charge in [0.2, 0.25) is 0 Å². The van der Waals surface area contributed by atoms with Gasteiger partial charge in [0.25, 0.3) is 11.8 Å². The molecule has 3 aromatic carbocycles. The van der Waals surface area contributed by atoms with Crippen LogP contribution in [-0.2, 0) is 4.79 Å². The Balaban J connectivity index is 1.31. The SMILES string of the molecule is COc1ccc(/C=C2\Sc3ccc(C(=O)N4CCN(c5cc(C)ccc5C)CC4)cc3N(C)C2=O)cc1OC. The van der Waals surface area contributed by atoms with Crippen LogP contribution in [0.1, 0.15) is 27.0 Å². The number of benzene rings is 3. The molecule has 1 saturated heterocycles. The Morgan fingerprint density at radius 2 is 1.62 bits per heavy atom. The zero-order chi connectivity index (χ0) is 27.7. The molecule has 2 amide bonds. The summed E-state index contributed by atoms with van der Waals surface area (Å²) in [5, 5.41) is 0. The van der Waals surface area contributed by atoms with Crippen LogP contribution < -0.4 is 19.3 Å². The summed E-state index contributed by atoms with van der Waals surface area (Å²) in [6.07, 6.45) is 1.85. The number of hydrogen-bond donors (Lipinski definition) is 0. The van der Waals surface area contributed by atoms with E-state index in [9.17, 15) is 9.59 Å². The molecule has 2 aliphatic heterocycles. The van der Waals surface area contributed by atoms with E-state index in [0.717, 1.165) is 29.2 Å². The molecule has 8 heteroatoms. The van der Waals surface area contributed by atoms with E-state index in [4.69, 9.17) is 9.47 Å². The lowest BCUT2D eigenvalue weighted by Crippen LogP contribution is -2.49. The van der Waals surface area contributed by atoms with Gasteiger partial charge in [0, 0.05) is 49.4 Å². The molecule has 39 heavy (non-hydrogen) atoms. The third kappa shape index (κ3) is 5.34. The van der Waals surface area contributed by atoms with Crippen LogP contribution >= 0.6 is 11.8 Å². The molecule has 0 bridgehead atoms. The number of rotatable bonds is 5. The van der Waals surface area contributed by atoms with Gasteiger partial charge in [0.1, 0.15) is 0 Å². The topological polar surface area (TPSA) is 62.3 Å². The van der Waals surface area contributed by atoms with E-state index < -0.39 is 0 Å². The van der Waals surface area contributed by atoms with Gasteiger partial charge in [-0.15, -0.1) is 0 Å². The van der Waals surface area contributed by atoms with Crippen molar-refractivity contribution in [2.75, 3.05) is 57.2 Å². The van der Waals surface area contributed by atoms with Gasteiger partial charge in [-0.05, 0) is 73.0 Å². The highest BCUT2D eigenvalue weighted by Crippen LogP contribution is 2.42. The normalized spacial score (nSPS) is 16.4. The highest BCUT2D eigenvalue weighted by Gasteiger charge is 2.29. The second kappa shape index (κ2) is 11.1. The summed E-state index contributed by atoms with van der Waals surface area (Å²) < 4.78 is 10.7. The number of likely N-dealkylation sites (N-methyl/N-ethyl adjacent to an activating group) is 1. The van der Waals surface area contributed by atoms with E-state index in [1.807, 2.05) is 47.4 Å². The molecule has 0 radical (unpaired) electrons. The molecule has 0 atom stereocenters. The third-order valence-corrected chi connectivity index (χ3v) is 8.36. The van der Waals surface area contributed by atoms with E-state index in [1.54, 1.807) is 26.2 Å². The monoisotopic (exact) mass is 543 g/mol. The second-order valence-electron chi connectivity index (χ2n) is 9.84. The first-order valence-electron chi connectivity index (χ1n) is 12.9. The van der Waals surface area contributed by atoms with Crippen LogP contribution in [0.5, 0.6) is 11.5 Å². The molecule has 2 heterocycles. The van der Waals surface area contributed by atoms with E-state index in [-0.39, 0.29) is 11.8 Å². The number of aryl methyl sites for hydroxylation is 2. The van der Waals surface area contributed by atoms with E-state index in [1.165, 1.54) is 28.6 Å². The van der Waals surface area contributed by atoms with Gasteiger partial charge in [-0.2, -0.15) is 0 Å². The molecule has 2 aliphatic rings. The molecular formula is C31H33N3O4S. The van der Waals surface area contributed by atoms with Crippen molar-refractivity contribution in [3.63, 3.8) is 0 Å². The fourth-order valence-corrected chi connectivity index (χ4v) is 6.11. The van der Waals surface area contributed by atoms with Crippen molar-refractivity contribution in [3.8, 4) is 11.5 Å². The number of amides is 2. The number of carbonyl (C=O) groups is 2. The first-order chi connectivity index (χ1) is 18.8. The number of hydrogen-bond acceptors (Lipinski definition) is 6. The Hall–Kier alpha value is -3.91. The van der Waals surface area contributed by atoms with Crippen molar-refractivity contribution < 1.29 is 19.1 Å². The van der Waals surface area contributed by atoms with Crippen LogP contribution in [0, 0.1) is 13.8 Å². The summed E-state index contributed by atoms with van der Waals surface area (Å²) in [4.78, 5) is 34.1. The first-order valence-corrected chi connectivity index (χ1v) is 13.8. The van der Waals surface area contributed by atoms with Crippen molar-refractivity contribution >= 4 is 41.0 Å². The maximum Gasteiger partial charge on any atom is 0.264 e. The number of fused-ring (bicyclic) bond motifs is 1. The Labute approximate surface area is 234 Å². The molecule has 7 nitrogen and oxygen atoms in total. The van der Waals surface area contributed by atoms with Gasteiger partial charge in [0.05, 0.1) is 24.8 Å². The Morgan fingerprint density at radius 1 is 0.872 bits per heavy atom. The van der Waals surface area contributed by atoms with Gasteiger partial charge in [-0.25, -0.2) is 0 Å². The highest BCUT2D eigenvalue weighted by atomic mass is 32.2. The van der Waals surface area contributed by atoms with E-state index in [0.29, 0.717) is 35.1 Å². The van der Waals surface area contributed by atoms with Gasteiger partial charge < -0.3 is 24.2 Å². The van der Waals surface area contributed by atoms with Crippen molar-refractivity contribution in [2.24, 2.45) is 0 Å². The number of methoxy groups -OCH3 is 2. The largest absolute Gasteiger partial charge is 0.493 e. The van der Waals surface area contributed by atoms with Crippen molar-refractivity contribution in [3.05, 3.63) is 81.8 Å². The molecule has 0 aliphatic carbocycles. The minimum absolute atomic E-state index is 0.00377. The highest BCUT2D eigenvalue weighted by molar-refractivity contribution is 8.04. The van der Waals surface area contributed by atoms with Crippen LogP contribution in [0.4, 0.5) is 11.4 Å². The van der Waals surface area contributed by atoms with Crippen LogP contribution in [0.3, 0.4) is 0 Å². The molecule has 0 N–H and O–H groups in total. The van der Waals surface area contributed by atoms with Gasteiger partial charge in [-0.1, -0.05) is 30.0 Å². The third-order valence-electron chi connectivity index (χ3n) is 7.28. The van der Waals surface area contributed by atoms with Gasteiger partial charge in [0.15, 0.2) is 11.5 Å². The molecule has 202 valence electrons. The first kappa shape index (κ1) is 26.7. The summed E-state index contributed by atoms with van der Waals surface area (Å²) in [5.74, 6) is 1.12. The average Bonchev–Trinajstić information content (AvgIpc) is 2.96. The average molecular weight is 544 g/mol. The van der Waals surface area contributed by atoms with Crippen molar-refractivity contribution in [2.45, 2.75) is 18.7 Å². The van der Waals surface area contributed by atoms with Crippen LogP contribution in [-0.4, -0.2) is 64.2 Å². The molecular weight excluding hydrogens is 510 g/mol. The quantitative estimate of drug-likeness (QED) is 0.402. The summed E-state index contributed by atoms with van der Waals surface area (Å²) >= 11 is 1.41. The summed E-state index contributed by atoms with van der Waals surface area (Å²) in [5.41, 5.74) is 5.91. The maximum absolute atomic E-state index is 13.4. The van der Waals surface area contributed by atoms with Crippen molar-refractivity contribution in [1.29, 1.82) is 0 Å². The molecule has 3 aromatic rings. The second-order valence-corrected chi connectivity index (χ2v) is 10.9. The molecule has 0 saturated carbocycles. The fraction of sp³-hybridized carbons (Fsp3) is 0.290. The summed E-state index contributed by atoms with van der Waals surface area (Å²) in [6.45, 7) is 7.13. The molecule has 0 spiro atoms. The van der Waals surface area contributed by atoms with Crippen LogP contribution in [0.25, 0.3) is 6.08 Å². The Kier molecular flexibility index (Phi) is 7.57. The van der Waals surface area contributed by atoms with Crippen LogP contribution in [0.15, 0.2) is 64.4 Å². The molecule has 0 aromatic heterocycles. The Bertz CT molecular complexity index is 1460. The maximum atomic E-state index is 13.4. The zero-order valence-electron chi connectivity index (χ0n) is 23.0. The van der Waals surface area contributed by atoms with Crippen molar-refractivity contribution in [1.82, 2.24) is 4.90 Å². The zero-order valence-corrected chi connectivity index (χ0v) is 23.8. The number of thioether (sulfide) groups is 1. The number of piperazine rings is 1. The molecule has 0 unspecified atom stereocenters. The predicted molar refractivity (Wildman–Crippen MR) is 157 cm³/mol. The standard InChI is InChI=1S/C31H33N3O4S/c1-20-6-7-21(2)24(16-20)33-12-14-34(15-13-33)30(35)23-9-11-28-25(19-23)32(3)31(36)29(39-28)18-22-8-10-26(37-4)27(17-22)38-5/h6-11,16-19H,12-15H2,1-5H3/b29-18-. The number of ether oxygens (including phenoxy) is 2. The smallest absolute Gasteiger partial charge is 0.264 e. The van der Waals surface area contributed by atoms with E-state index >= 15 is 0 Å². The summed E-state index contributed by atoms with van der Waals surface area (Å²) in [7, 11) is 4.93. The van der Waals surface area contributed by atoms with Crippen LogP contribution in [0.2, 0.25) is 0 Å². The number of nitrogens with zero attached hydrogens (tertiary/aromatic N) is 3. The van der Waals surface area contributed by atoms with Gasteiger partial charge in [-0.3, -0.25) is 9.59 Å². The lowest BCUT2D eigenvalue weighted by atomic mass is 10.1. The predicted octanol–water partition coefficient (Wildman–Crippen LogP) is 5.39. The molecule has 5 rings (SSSR count). The van der Waals surface area contributed by atoms with Gasteiger partial charge >= 0.3 is 0 Å². The lowest BCUT2D eigenvalue weighted by molar-refractivity contribution is -0.114. The lowest BCUT2D eigenvalue weighted by Gasteiger charge is -2.37. The number of carbonyl (C=O) groups excluding carboxylic acids is 2. The minimum Gasteiger partial charge on any atom is -0.493 e. The summed E-state index contributed by atoms with van der Waals surface area (Å²) in [6, 6.07) is 17.7. The Morgan fingerprint density at radius 3 is 2.33 bits per heavy atom. The fourth-order valence-electron chi connectivity index (χ4n) is 5.01. The number of anilines is 2. The molecule has 1 fully saturated rings. The van der Waals surface area contributed by atoms with E-state index in [2.05, 4.69) is 36.9 Å².